The Bertz CT molecular complexity index is 404. The van der Waals surface area contributed by atoms with E-state index in [0.29, 0.717) is 18.1 Å². The summed E-state index contributed by atoms with van der Waals surface area (Å²) in [5, 5.41) is 2.88. The lowest BCUT2D eigenvalue weighted by atomic mass is 10.2. The third kappa shape index (κ3) is 5.20. The molecule has 1 aliphatic heterocycles. The van der Waals surface area contributed by atoms with Gasteiger partial charge in [0.05, 0.1) is 11.9 Å². The second-order valence-corrected chi connectivity index (χ2v) is 5.54. The van der Waals surface area contributed by atoms with Gasteiger partial charge in [-0.3, -0.25) is 4.79 Å². The highest BCUT2D eigenvalue weighted by Crippen LogP contribution is 2.13. The molecule has 1 heterocycles. The van der Waals surface area contributed by atoms with Crippen LogP contribution in [0.1, 0.15) is 18.4 Å². The monoisotopic (exact) mass is 283 g/mol. The molecule has 1 aromatic rings. The summed E-state index contributed by atoms with van der Waals surface area (Å²) < 4.78 is 18.1. The fourth-order valence-corrected chi connectivity index (χ4v) is 2.74. The minimum absolute atomic E-state index is 0.0302. The van der Waals surface area contributed by atoms with Crippen molar-refractivity contribution in [2.24, 2.45) is 0 Å². The van der Waals surface area contributed by atoms with E-state index in [1.165, 1.54) is 23.9 Å². The highest BCUT2D eigenvalue weighted by Gasteiger charge is 2.15. The molecule has 1 N–H and O–H groups in total. The van der Waals surface area contributed by atoms with Gasteiger partial charge in [0.25, 0.3) is 0 Å². The van der Waals surface area contributed by atoms with E-state index in [0.717, 1.165) is 25.0 Å². The predicted octanol–water partition coefficient (Wildman–Crippen LogP) is 2.35. The summed E-state index contributed by atoms with van der Waals surface area (Å²) in [6, 6.07) is 6.36. The van der Waals surface area contributed by atoms with Crippen LogP contribution in [-0.4, -0.2) is 30.9 Å². The van der Waals surface area contributed by atoms with Crippen LogP contribution in [0.25, 0.3) is 0 Å². The fraction of sp³-hybridized carbons (Fsp3) is 0.500. The van der Waals surface area contributed by atoms with Gasteiger partial charge in [-0.25, -0.2) is 4.39 Å². The van der Waals surface area contributed by atoms with E-state index in [1.807, 2.05) is 0 Å². The Labute approximate surface area is 116 Å². The Hall–Kier alpha value is -1.07. The Morgan fingerprint density at radius 2 is 2.21 bits per heavy atom. The van der Waals surface area contributed by atoms with E-state index in [9.17, 15) is 9.18 Å². The Morgan fingerprint density at radius 3 is 2.89 bits per heavy atom. The number of amides is 1. The van der Waals surface area contributed by atoms with Gasteiger partial charge >= 0.3 is 0 Å². The van der Waals surface area contributed by atoms with Crippen LogP contribution >= 0.6 is 11.8 Å². The molecule has 2 rings (SSSR count). The maximum Gasteiger partial charge on any atom is 0.230 e. The molecule has 104 valence electrons. The molecule has 1 aliphatic rings. The molecular weight excluding hydrogens is 265 g/mol. The summed E-state index contributed by atoms with van der Waals surface area (Å²) in [7, 11) is 0. The SMILES string of the molecule is O=C(CSCc1ccc(F)cc1)NC[C@@H]1CCCO1. The highest BCUT2D eigenvalue weighted by molar-refractivity contribution is 7.99. The first-order chi connectivity index (χ1) is 9.24. The Kier molecular flexibility index (Phi) is 5.66. The smallest absolute Gasteiger partial charge is 0.230 e. The maximum atomic E-state index is 12.7. The third-order valence-corrected chi connectivity index (χ3v) is 3.97. The van der Waals surface area contributed by atoms with Crippen LogP contribution < -0.4 is 5.32 Å². The molecule has 1 atom stereocenters. The zero-order chi connectivity index (χ0) is 13.5. The van der Waals surface area contributed by atoms with Crippen molar-refractivity contribution < 1.29 is 13.9 Å². The summed E-state index contributed by atoms with van der Waals surface area (Å²) in [4.78, 5) is 11.6. The van der Waals surface area contributed by atoms with E-state index >= 15 is 0 Å². The molecule has 1 saturated heterocycles. The molecule has 1 amide bonds. The van der Waals surface area contributed by atoms with Gasteiger partial charge < -0.3 is 10.1 Å². The lowest BCUT2D eigenvalue weighted by Crippen LogP contribution is -2.32. The number of carbonyl (C=O) groups is 1. The first-order valence-corrected chi connectivity index (χ1v) is 7.60. The second-order valence-electron chi connectivity index (χ2n) is 4.56. The van der Waals surface area contributed by atoms with Crippen LogP contribution in [-0.2, 0) is 15.3 Å². The van der Waals surface area contributed by atoms with Crippen molar-refractivity contribution in [2.75, 3.05) is 18.9 Å². The van der Waals surface area contributed by atoms with E-state index in [2.05, 4.69) is 5.32 Å². The van der Waals surface area contributed by atoms with Gasteiger partial charge in [-0.1, -0.05) is 12.1 Å². The fourth-order valence-electron chi connectivity index (χ4n) is 1.93. The summed E-state index contributed by atoms with van der Waals surface area (Å²) in [5.74, 6) is 0.934. The first kappa shape index (κ1) is 14.3. The minimum Gasteiger partial charge on any atom is -0.376 e. The molecule has 0 aromatic heterocycles. The number of thioether (sulfide) groups is 1. The normalized spacial score (nSPS) is 18.5. The number of rotatable bonds is 6. The number of halogens is 1. The van der Waals surface area contributed by atoms with E-state index in [-0.39, 0.29) is 17.8 Å². The first-order valence-electron chi connectivity index (χ1n) is 6.44. The molecule has 0 radical (unpaired) electrons. The van der Waals surface area contributed by atoms with Gasteiger partial charge in [-0.2, -0.15) is 0 Å². The van der Waals surface area contributed by atoms with Crippen LogP contribution in [0.5, 0.6) is 0 Å². The molecule has 1 fully saturated rings. The maximum absolute atomic E-state index is 12.7. The number of hydrogen-bond acceptors (Lipinski definition) is 3. The third-order valence-electron chi connectivity index (χ3n) is 2.97. The van der Waals surface area contributed by atoms with Crippen molar-refractivity contribution >= 4 is 17.7 Å². The molecule has 3 nitrogen and oxygen atoms in total. The van der Waals surface area contributed by atoms with Gasteiger partial charge in [0, 0.05) is 18.9 Å². The molecular formula is C14H18FNO2S. The van der Waals surface area contributed by atoms with Gasteiger partial charge in [-0.05, 0) is 30.5 Å². The molecule has 5 heteroatoms. The molecule has 19 heavy (non-hydrogen) atoms. The van der Waals surface area contributed by atoms with Crippen LogP contribution in [0.15, 0.2) is 24.3 Å². The van der Waals surface area contributed by atoms with Gasteiger partial charge in [0.2, 0.25) is 5.91 Å². The quantitative estimate of drug-likeness (QED) is 0.871. The van der Waals surface area contributed by atoms with Crippen molar-refractivity contribution in [2.45, 2.75) is 24.7 Å². The summed E-state index contributed by atoms with van der Waals surface area (Å²) >= 11 is 1.53. The van der Waals surface area contributed by atoms with Gasteiger partial charge in [-0.15, -0.1) is 11.8 Å². The largest absolute Gasteiger partial charge is 0.376 e. The molecule has 0 saturated carbocycles. The van der Waals surface area contributed by atoms with Crippen molar-refractivity contribution in [1.29, 1.82) is 0 Å². The summed E-state index contributed by atoms with van der Waals surface area (Å²) in [5.41, 5.74) is 1.03. The lowest BCUT2D eigenvalue weighted by molar-refractivity contribution is -0.119. The minimum atomic E-state index is -0.233. The Morgan fingerprint density at radius 1 is 1.42 bits per heavy atom. The topological polar surface area (TPSA) is 38.3 Å². The summed E-state index contributed by atoms with van der Waals surface area (Å²) in [6.07, 6.45) is 2.30. The second kappa shape index (κ2) is 7.50. The van der Waals surface area contributed by atoms with Gasteiger partial charge in [0.15, 0.2) is 0 Å². The number of hydrogen-bond donors (Lipinski definition) is 1. The average molecular weight is 283 g/mol. The Balaban J connectivity index is 1.59. The van der Waals surface area contributed by atoms with Crippen molar-refractivity contribution in [1.82, 2.24) is 5.32 Å². The van der Waals surface area contributed by atoms with Crippen LogP contribution in [0.4, 0.5) is 4.39 Å². The molecule has 0 unspecified atom stereocenters. The average Bonchev–Trinajstić information content (AvgIpc) is 2.92. The van der Waals surface area contributed by atoms with Crippen LogP contribution in [0, 0.1) is 5.82 Å². The number of nitrogens with one attached hydrogen (secondary N) is 1. The van der Waals surface area contributed by atoms with Crippen LogP contribution in [0.2, 0.25) is 0 Å². The van der Waals surface area contributed by atoms with Crippen molar-refractivity contribution in [3.63, 3.8) is 0 Å². The summed E-state index contributed by atoms with van der Waals surface area (Å²) in [6.45, 7) is 1.41. The number of ether oxygens (including phenoxy) is 1. The zero-order valence-electron chi connectivity index (χ0n) is 10.7. The van der Waals surface area contributed by atoms with E-state index < -0.39 is 0 Å². The predicted molar refractivity (Wildman–Crippen MR) is 74.5 cm³/mol. The van der Waals surface area contributed by atoms with Crippen molar-refractivity contribution in [3.8, 4) is 0 Å². The zero-order valence-corrected chi connectivity index (χ0v) is 11.5. The van der Waals surface area contributed by atoms with Crippen molar-refractivity contribution in [3.05, 3.63) is 35.6 Å². The molecule has 0 spiro atoms. The molecule has 0 bridgehead atoms. The highest BCUT2D eigenvalue weighted by atomic mass is 32.2. The lowest BCUT2D eigenvalue weighted by Gasteiger charge is -2.10. The molecule has 1 aromatic carbocycles. The standard InChI is InChI=1S/C14H18FNO2S/c15-12-5-3-11(4-6-12)9-19-10-14(17)16-8-13-2-1-7-18-13/h3-6,13H,1-2,7-10H2,(H,16,17)/t13-/m0/s1. The van der Waals surface area contributed by atoms with Crippen LogP contribution in [0.3, 0.4) is 0 Å². The van der Waals surface area contributed by atoms with E-state index in [1.54, 1.807) is 12.1 Å². The molecule has 0 aliphatic carbocycles. The van der Waals surface area contributed by atoms with Gasteiger partial charge in [0.1, 0.15) is 5.82 Å². The number of carbonyl (C=O) groups excluding carboxylic acids is 1. The number of benzene rings is 1. The van der Waals surface area contributed by atoms with E-state index in [4.69, 9.17) is 4.74 Å².